The number of benzene rings is 2. The highest BCUT2D eigenvalue weighted by atomic mass is 14.4. The molecule has 0 aliphatic heterocycles. The van der Waals surface area contributed by atoms with E-state index in [2.05, 4.69) is 49.4 Å². The Hall–Kier alpha value is -2.07. The molecule has 1 fully saturated rings. The van der Waals surface area contributed by atoms with Crippen molar-refractivity contribution in [2.45, 2.75) is 32.1 Å². The molecule has 3 rings (SSSR count). The van der Waals surface area contributed by atoms with E-state index in [4.69, 9.17) is 5.26 Å². The lowest BCUT2D eigenvalue weighted by molar-refractivity contribution is 0.703. The molecule has 100 valence electrons. The van der Waals surface area contributed by atoms with Gasteiger partial charge in [-0.1, -0.05) is 42.0 Å². The molecule has 1 aliphatic carbocycles. The molecule has 0 saturated heterocycles. The molecule has 0 radical (unpaired) electrons. The number of rotatable bonds is 4. The average molecular weight is 261 g/mol. The molecule has 1 aliphatic rings. The van der Waals surface area contributed by atoms with Gasteiger partial charge in [0.1, 0.15) is 0 Å². The van der Waals surface area contributed by atoms with E-state index >= 15 is 0 Å². The molecule has 1 heteroatoms. The van der Waals surface area contributed by atoms with Crippen LogP contribution in [0.3, 0.4) is 0 Å². The van der Waals surface area contributed by atoms with Gasteiger partial charge in [-0.05, 0) is 61.3 Å². The van der Waals surface area contributed by atoms with Gasteiger partial charge < -0.3 is 0 Å². The van der Waals surface area contributed by atoms with Crippen LogP contribution in [-0.4, -0.2) is 0 Å². The highest BCUT2D eigenvalue weighted by molar-refractivity contribution is 5.32. The summed E-state index contributed by atoms with van der Waals surface area (Å²) in [5, 5.41) is 8.79. The second kappa shape index (κ2) is 5.51. The number of hydrogen-bond acceptors (Lipinski definition) is 1. The minimum Gasteiger partial charge on any atom is -0.192 e. The summed E-state index contributed by atoms with van der Waals surface area (Å²) in [5.74, 6) is 1.61. The zero-order valence-corrected chi connectivity index (χ0v) is 11.8. The van der Waals surface area contributed by atoms with Gasteiger partial charge in [-0.3, -0.25) is 0 Å². The Morgan fingerprint density at radius 3 is 2.40 bits per heavy atom. The summed E-state index contributed by atoms with van der Waals surface area (Å²) < 4.78 is 0. The van der Waals surface area contributed by atoms with Crippen LogP contribution in [0, 0.1) is 24.2 Å². The summed E-state index contributed by atoms with van der Waals surface area (Å²) in [7, 11) is 0. The second-order valence-electron chi connectivity index (χ2n) is 5.86. The highest BCUT2D eigenvalue weighted by Gasteiger charge is 2.37. The molecule has 2 aromatic carbocycles. The maximum atomic E-state index is 8.79. The number of hydrogen-bond donors (Lipinski definition) is 0. The third-order valence-corrected chi connectivity index (χ3v) is 4.31. The molecule has 1 unspecified atom stereocenters. The second-order valence-corrected chi connectivity index (χ2v) is 5.86. The van der Waals surface area contributed by atoms with Crippen molar-refractivity contribution in [3.8, 4) is 6.07 Å². The van der Waals surface area contributed by atoms with E-state index in [0.29, 0.717) is 0 Å². The molecular formula is C19H19N. The first-order valence-corrected chi connectivity index (χ1v) is 7.32. The number of nitrogens with zero attached hydrogens (tertiary/aromatic N) is 1. The zero-order valence-electron chi connectivity index (χ0n) is 11.8. The molecule has 0 N–H and O–H groups in total. The molecule has 0 amide bonds. The van der Waals surface area contributed by atoms with Crippen molar-refractivity contribution in [2.24, 2.45) is 5.92 Å². The Kier molecular flexibility index (Phi) is 3.56. The van der Waals surface area contributed by atoms with E-state index in [1.807, 2.05) is 12.1 Å². The third kappa shape index (κ3) is 2.91. The van der Waals surface area contributed by atoms with Gasteiger partial charge >= 0.3 is 0 Å². The van der Waals surface area contributed by atoms with Crippen LogP contribution in [0.2, 0.25) is 0 Å². The van der Waals surface area contributed by atoms with E-state index in [9.17, 15) is 0 Å². The van der Waals surface area contributed by atoms with Crippen molar-refractivity contribution in [1.29, 1.82) is 5.26 Å². The van der Waals surface area contributed by atoms with Crippen LogP contribution in [0.4, 0.5) is 0 Å². The van der Waals surface area contributed by atoms with Gasteiger partial charge in [-0.2, -0.15) is 5.26 Å². The van der Waals surface area contributed by atoms with E-state index in [0.717, 1.165) is 23.8 Å². The van der Waals surface area contributed by atoms with E-state index in [1.54, 1.807) is 0 Å². The smallest absolute Gasteiger partial charge is 0.0991 e. The standard InChI is InChI=1S/C19H19N/c1-14-2-9-17(10-3-14)19-12-18(19)11-8-15-4-6-16(13-20)7-5-15/h2-7,9-10,18-19H,8,11-12H2,1H3/t18-,19?/m0/s1. The zero-order chi connectivity index (χ0) is 13.9. The SMILES string of the molecule is Cc1ccc(C2C[C@@H]2CCc2ccc(C#N)cc2)cc1. The van der Waals surface area contributed by atoms with Crippen LogP contribution in [0.1, 0.15) is 41.0 Å². The highest BCUT2D eigenvalue weighted by Crippen LogP contribution is 2.49. The van der Waals surface area contributed by atoms with Crippen LogP contribution in [0.5, 0.6) is 0 Å². The molecular weight excluding hydrogens is 242 g/mol. The Morgan fingerprint density at radius 1 is 1.05 bits per heavy atom. The quantitative estimate of drug-likeness (QED) is 0.789. The van der Waals surface area contributed by atoms with Gasteiger partial charge in [-0.15, -0.1) is 0 Å². The number of nitriles is 1. The van der Waals surface area contributed by atoms with Gasteiger partial charge in [0.15, 0.2) is 0 Å². The topological polar surface area (TPSA) is 23.8 Å². The predicted molar refractivity (Wildman–Crippen MR) is 81.5 cm³/mol. The number of aryl methyl sites for hydroxylation is 2. The minimum atomic E-state index is 0.748. The lowest BCUT2D eigenvalue weighted by Crippen LogP contribution is -1.90. The van der Waals surface area contributed by atoms with Crippen molar-refractivity contribution >= 4 is 0 Å². The molecule has 1 nitrogen and oxygen atoms in total. The fourth-order valence-electron chi connectivity index (χ4n) is 2.89. The van der Waals surface area contributed by atoms with Crippen LogP contribution in [0.25, 0.3) is 0 Å². The minimum absolute atomic E-state index is 0.748. The first-order valence-electron chi connectivity index (χ1n) is 7.32. The van der Waals surface area contributed by atoms with Crippen molar-refractivity contribution in [3.05, 3.63) is 70.8 Å². The van der Waals surface area contributed by atoms with Crippen molar-refractivity contribution in [2.75, 3.05) is 0 Å². The summed E-state index contributed by atoms with van der Waals surface area (Å²) >= 11 is 0. The lowest BCUT2D eigenvalue weighted by Gasteiger charge is -2.03. The van der Waals surface area contributed by atoms with Crippen LogP contribution in [0.15, 0.2) is 48.5 Å². The van der Waals surface area contributed by atoms with Gasteiger partial charge in [-0.25, -0.2) is 0 Å². The summed E-state index contributed by atoms with van der Waals surface area (Å²) in [6, 6.07) is 19.2. The van der Waals surface area contributed by atoms with Crippen molar-refractivity contribution < 1.29 is 0 Å². The summed E-state index contributed by atoms with van der Waals surface area (Å²) in [4.78, 5) is 0. The Balaban J connectivity index is 1.53. The first-order chi connectivity index (χ1) is 9.76. The summed E-state index contributed by atoms with van der Waals surface area (Å²) in [6.45, 7) is 2.14. The van der Waals surface area contributed by atoms with Gasteiger partial charge in [0.05, 0.1) is 11.6 Å². The lowest BCUT2D eigenvalue weighted by atomic mass is 10.0. The van der Waals surface area contributed by atoms with E-state index < -0.39 is 0 Å². The Morgan fingerprint density at radius 2 is 1.75 bits per heavy atom. The monoisotopic (exact) mass is 261 g/mol. The Bertz CT molecular complexity index is 616. The van der Waals surface area contributed by atoms with Gasteiger partial charge in [0.25, 0.3) is 0 Å². The molecule has 20 heavy (non-hydrogen) atoms. The third-order valence-electron chi connectivity index (χ3n) is 4.31. The predicted octanol–water partition coefficient (Wildman–Crippen LogP) is 4.60. The van der Waals surface area contributed by atoms with Crippen LogP contribution < -0.4 is 0 Å². The molecule has 0 bridgehead atoms. The fourth-order valence-corrected chi connectivity index (χ4v) is 2.89. The van der Waals surface area contributed by atoms with Gasteiger partial charge in [0.2, 0.25) is 0 Å². The molecule has 2 aromatic rings. The maximum absolute atomic E-state index is 8.79. The van der Waals surface area contributed by atoms with Crippen molar-refractivity contribution in [3.63, 3.8) is 0 Å². The maximum Gasteiger partial charge on any atom is 0.0991 e. The average Bonchev–Trinajstić information content (AvgIpc) is 3.26. The summed E-state index contributed by atoms with van der Waals surface area (Å²) in [6.07, 6.45) is 3.71. The molecule has 0 heterocycles. The van der Waals surface area contributed by atoms with Crippen molar-refractivity contribution in [1.82, 2.24) is 0 Å². The van der Waals surface area contributed by atoms with E-state index in [1.165, 1.54) is 29.5 Å². The first kappa shape index (κ1) is 12.9. The van der Waals surface area contributed by atoms with Crippen LogP contribution >= 0.6 is 0 Å². The normalized spacial score (nSPS) is 20.4. The van der Waals surface area contributed by atoms with Crippen LogP contribution in [-0.2, 0) is 6.42 Å². The molecule has 1 saturated carbocycles. The van der Waals surface area contributed by atoms with E-state index in [-0.39, 0.29) is 0 Å². The molecule has 0 spiro atoms. The largest absolute Gasteiger partial charge is 0.192 e. The molecule has 2 atom stereocenters. The Labute approximate surface area is 120 Å². The summed E-state index contributed by atoms with van der Waals surface area (Å²) in [5.41, 5.74) is 4.93. The molecule has 0 aromatic heterocycles. The van der Waals surface area contributed by atoms with Gasteiger partial charge in [0, 0.05) is 0 Å². The fraction of sp³-hybridized carbons (Fsp3) is 0.316.